The number of methoxy groups -OCH3 is 1. The number of sulfone groups is 1. The Balaban J connectivity index is 1.89. The third kappa shape index (κ3) is 5.29. The van der Waals surface area contributed by atoms with Gasteiger partial charge in [-0.25, -0.2) is 8.42 Å². The van der Waals surface area contributed by atoms with Gasteiger partial charge in [-0.3, -0.25) is 0 Å². The quantitative estimate of drug-likeness (QED) is 0.462. The van der Waals surface area contributed by atoms with Crippen LogP contribution in [0.1, 0.15) is 13.8 Å². The van der Waals surface area contributed by atoms with E-state index in [2.05, 4.69) is 20.8 Å². The molecule has 0 aliphatic rings. The molecule has 0 bridgehead atoms. The summed E-state index contributed by atoms with van der Waals surface area (Å²) in [4.78, 5) is 0.224. The van der Waals surface area contributed by atoms with Crippen LogP contribution in [0, 0.1) is 0 Å². The average molecular weight is 475 g/mol. The maximum atomic E-state index is 12.7. The van der Waals surface area contributed by atoms with Gasteiger partial charge in [0.2, 0.25) is 0 Å². The van der Waals surface area contributed by atoms with Crippen molar-refractivity contribution in [1.29, 1.82) is 0 Å². The van der Waals surface area contributed by atoms with Crippen molar-refractivity contribution in [3.63, 3.8) is 0 Å². The van der Waals surface area contributed by atoms with E-state index in [1.165, 1.54) is 13.3 Å². The summed E-state index contributed by atoms with van der Waals surface area (Å²) in [6.45, 7) is 6.70. The number of nitrogens with one attached hydrogen (secondary N) is 2. The molecular formula is C22H27N4O4PS. The molecule has 0 saturated carbocycles. The lowest BCUT2D eigenvalue weighted by atomic mass is 10.3. The van der Waals surface area contributed by atoms with Crippen LogP contribution in [0.4, 0.5) is 22.9 Å². The molecule has 0 amide bonds. The van der Waals surface area contributed by atoms with Crippen molar-refractivity contribution in [1.82, 2.24) is 10.2 Å². The normalized spacial score (nSPS) is 11.9. The lowest BCUT2D eigenvalue weighted by Gasteiger charge is -2.16. The van der Waals surface area contributed by atoms with E-state index in [0.29, 0.717) is 33.9 Å². The molecule has 32 heavy (non-hydrogen) atoms. The number of ether oxygens (including phenoxy) is 1. The second kappa shape index (κ2) is 9.30. The molecule has 1 heterocycles. The average Bonchev–Trinajstić information content (AvgIpc) is 2.73. The molecule has 0 atom stereocenters. The van der Waals surface area contributed by atoms with E-state index in [-0.39, 0.29) is 4.90 Å². The fraction of sp³-hybridized carbons (Fsp3) is 0.273. The molecule has 0 unspecified atom stereocenters. The molecule has 10 heteroatoms. The molecule has 3 rings (SSSR count). The number of aromatic nitrogens is 2. The summed E-state index contributed by atoms with van der Waals surface area (Å²) in [6, 6.07) is 13.8. The summed E-state index contributed by atoms with van der Waals surface area (Å²) >= 11 is 0. The molecule has 0 aliphatic carbocycles. The Labute approximate surface area is 188 Å². The minimum atomic E-state index is -3.47. The van der Waals surface area contributed by atoms with Crippen LogP contribution in [0.3, 0.4) is 0 Å². The fourth-order valence-electron chi connectivity index (χ4n) is 2.98. The Morgan fingerprint density at radius 3 is 2.38 bits per heavy atom. The van der Waals surface area contributed by atoms with Crippen molar-refractivity contribution < 1.29 is 17.7 Å². The molecule has 2 aromatic carbocycles. The van der Waals surface area contributed by atoms with Crippen LogP contribution in [0.2, 0.25) is 0 Å². The van der Waals surface area contributed by atoms with Gasteiger partial charge in [-0.2, -0.15) is 5.10 Å². The summed E-state index contributed by atoms with van der Waals surface area (Å²) < 4.78 is 43.2. The van der Waals surface area contributed by atoms with Crippen LogP contribution in [0.5, 0.6) is 5.75 Å². The first-order chi connectivity index (χ1) is 15.0. The van der Waals surface area contributed by atoms with Crippen molar-refractivity contribution >= 4 is 45.2 Å². The zero-order valence-electron chi connectivity index (χ0n) is 18.7. The first kappa shape index (κ1) is 23.8. The van der Waals surface area contributed by atoms with Crippen LogP contribution in [0.25, 0.3) is 0 Å². The van der Waals surface area contributed by atoms with Gasteiger partial charge >= 0.3 is 0 Å². The highest BCUT2D eigenvalue weighted by molar-refractivity contribution is 7.92. The lowest BCUT2D eigenvalue weighted by Crippen LogP contribution is -2.15. The highest BCUT2D eigenvalue weighted by atomic mass is 32.2. The molecule has 0 radical (unpaired) electrons. The van der Waals surface area contributed by atoms with Crippen LogP contribution in [-0.4, -0.2) is 44.3 Å². The Hall–Kier alpha value is -2.90. The fourth-order valence-corrected chi connectivity index (χ4v) is 5.04. The molecule has 170 valence electrons. The minimum absolute atomic E-state index is 0.224. The van der Waals surface area contributed by atoms with Crippen LogP contribution in [0.15, 0.2) is 59.6 Å². The Morgan fingerprint density at radius 2 is 1.72 bits per heavy atom. The van der Waals surface area contributed by atoms with E-state index in [0.717, 1.165) is 0 Å². The molecule has 1 aromatic heterocycles. The van der Waals surface area contributed by atoms with E-state index >= 15 is 0 Å². The summed E-state index contributed by atoms with van der Waals surface area (Å²) in [5, 5.41) is 14.5. The highest BCUT2D eigenvalue weighted by Crippen LogP contribution is 2.38. The second-order valence-corrected chi connectivity index (χ2v) is 13.6. The number of rotatable bonds is 8. The topological polar surface area (TPSA) is 110 Å². The van der Waals surface area contributed by atoms with E-state index < -0.39 is 22.2 Å². The van der Waals surface area contributed by atoms with Crippen molar-refractivity contribution in [3.8, 4) is 5.75 Å². The van der Waals surface area contributed by atoms with Gasteiger partial charge in [-0.1, -0.05) is 12.1 Å². The molecule has 0 aliphatic heterocycles. The third-order valence-electron chi connectivity index (χ3n) is 4.82. The Morgan fingerprint density at radius 1 is 1.00 bits per heavy atom. The number of benzene rings is 2. The van der Waals surface area contributed by atoms with Crippen molar-refractivity contribution in [2.75, 3.05) is 31.1 Å². The number of hydrogen-bond donors (Lipinski definition) is 2. The summed E-state index contributed by atoms with van der Waals surface area (Å²) in [6.07, 6.45) is 1.51. The van der Waals surface area contributed by atoms with Gasteiger partial charge in [0.1, 0.15) is 12.9 Å². The molecular weight excluding hydrogens is 447 g/mol. The third-order valence-corrected chi connectivity index (χ3v) is 8.55. The molecule has 2 N–H and O–H groups in total. The smallest absolute Gasteiger partial charge is 0.182 e. The summed E-state index contributed by atoms with van der Waals surface area (Å²) in [5.74, 6) is 0.960. The van der Waals surface area contributed by atoms with Crippen molar-refractivity contribution in [3.05, 3.63) is 54.7 Å². The predicted octanol–water partition coefficient (Wildman–Crippen LogP) is 4.40. The van der Waals surface area contributed by atoms with Gasteiger partial charge in [0.05, 0.1) is 40.5 Å². The predicted molar refractivity (Wildman–Crippen MR) is 129 cm³/mol. The van der Waals surface area contributed by atoms with Gasteiger partial charge in [0.25, 0.3) is 0 Å². The van der Waals surface area contributed by atoms with Crippen molar-refractivity contribution in [2.24, 2.45) is 0 Å². The Bertz CT molecular complexity index is 1270. The largest absolute Gasteiger partial charge is 0.495 e. The van der Waals surface area contributed by atoms with Crippen LogP contribution < -0.4 is 20.7 Å². The number of para-hydroxylation sites is 1. The van der Waals surface area contributed by atoms with Gasteiger partial charge in [0.15, 0.2) is 15.7 Å². The summed E-state index contributed by atoms with van der Waals surface area (Å²) in [7, 11) is -4.36. The zero-order chi connectivity index (χ0) is 23.5. The molecule has 8 nitrogen and oxygen atoms in total. The van der Waals surface area contributed by atoms with E-state index in [4.69, 9.17) is 4.74 Å². The van der Waals surface area contributed by atoms with Crippen molar-refractivity contribution in [2.45, 2.75) is 24.0 Å². The number of anilines is 4. The van der Waals surface area contributed by atoms with E-state index in [1.807, 2.05) is 0 Å². The number of nitrogens with zero attached hydrogens (tertiary/aromatic N) is 2. The van der Waals surface area contributed by atoms with Crippen LogP contribution in [-0.2, 0) is 14.4 Å². The van der Waals surface area contributed by atoms with Crippen LogP contribution >= 0.6 is 7.14 Å². The lowest BCUT2D eigenvalue weighted by molar-refractivity contribution is 0.417. The minimum Gasteiger partial charge on any atom is -0.495 e. The van der Waals surface area contributed by atoms with Gasteiger partial charge < -0.3 is 19.9 Å². The molecule has 0 spiro atoms. The standard InChI is InChI=1S/C22H27N4O4PS/c1-15(2)32(28,29)21-9-7-6-8-19(21)24-16-12-22(26-23-14-16)25-18-11-10-17(31(4,5)27)13-20(18)30-3/h6-15H,1-5H3,(H2,24,25,26). The monoisotopic (exact) mass is 474 g/mol. The zero-order valence-corrected chi connectivity index (χ0v) is 20.4. The second-order valence-electron chi connectivity index (χ2n) is 7.90. The van der Waals surface area contributed by atoms with Gasteiger partial charge in [-0.05, 0) is 57.5 Å². The summed E-state index contributed by atoms with van der Waals surface area (Å²) in [5.41, 5.74) is 1.67. The molecule has 0 fully saturated rings. The molecule has 3 aromatic rings. The highest BCUT2D eigenvalue weighted by Gasteiger charge is 2.22. The first-order valence-corrected chi connectivity index (χ1v) is 14.1. The van der Waals surface area contributed by atoms with Gasteiger partial charge in [0, 0.05) is 11.4 Å². The SMILES string of the molecule is COc1cc(P(C)(C)=O)ccc1Nc1cc(Nc2ccccc2S(=O)(=O)C(C)C)cnn1. The molecule has 0 saturated heterocycles. The Kier molecular flexibility index (Phi) is 6.91. The van der Waals surface area contributed by atoms with E-state index in [9.17, 15) is 13.0 Å². The first-order valence-electron chi connectivity index (χ1n) is 9.95. The number of hydrogen-bond acceptors (Lipinski definition) is 8. The maximum absolute atomic E-state index is 12.7. The maximum Gasteiger partial charge on any atom is 0.182 e. The van der Waals surface area contributed by atoms with Gasteiger partial charge in [-0.15, -0.1) is 5.10 Å². The van der Waals surface area contributed by atoms with E-state index in [1.54, 1.807) is 75.7 Å².